The number of carboxylic acids is 1. The van der Waals surface area contributed by atoms with E-state index in [1.807, 2.05) is 42.5 Å². The molecule has 3 aromatic rings. The third-order valence-electron chi connectivity index (χ3n) is 6.80. The molecule has 1 heterocycles. The second kappa shape index (κ2) is 15.2. The maximum atomic E-state index is 13.5. The summed E-state index contributed by atoms with van der Waals surface area (Å²) < 4.78 is 0. The zero-order valence-corrected chi connectivity index (χ0v) is 22.7. The van der Waals surface area contributed by atoms with Crippen LogP contribution in [0.15, 0.2) is 55.0 Å². The van der Waals surface area contributed by atoms with Crippen LogP contribution in [0.1, 0.15) is 43.4 Å². The van der Waals surface area contributed by atoms with Crippen LogP contribution in [0, 0.1) is 11.8 Å². The summed E-state index contributed by atoms with van der Waals surface area (Å²) in [6, 6.07) is 12.8. The molecule has 0 aliphatic rings. The largest absolute Gasteiger partial charge is 0.481 e. The van der Waals surface area contributed by atoms with Gasteiger partial charge < -0.3 is 21.1 Å². The molecule has 0 aliphatic carbocycles. The molecule has 0 saturated carbocycles. The number of benzene rings is 2. The second-order valence-corrected chi connectivity index (χ2v) is 10.1. The van der Waals surface area contributed by atoms with Crippen molar-refractivity contribution in [2.45, 2.75) is 51.0 Å². The summed E-state index contributed by atoms with van der Waals surface area (Å²) in [5, 5.41) is 14.2. The number of hydrogen-bond donors (Lipinski definition) is 5. The Morgan fingerprint density at radius 2 is 1.79 bits per heavy atom. The van der Waals surface area contributed by atoms with Crippen molar-refractivity contribution >= 4 is 46.8 Å². The van der Waals surface area contributed by atoms with Crippen LogP contribution in [-0.4, -0.2) is 56.9 Å². The summed E-state index contributed by atoms with van der Waals surface area (Å²) in [6.07, 6.45) is 4.85. The van der Waals surface area contributed by atoms with Crippen molar-refractivity contribution in [2.24, 2.45) is 17.6 Å². The van der Waals surface area contributed by atoms with Gasteiger partial charge in [0.15, 0.2) is 5.78 Å². The van der Waals surface area contributed by atoms with Crippen molar-refractivity contribution in [3.8, 4) is 0 Å². The van der Waals surface area contributed by atoms with E-state index in [0.717, 1.165) is 16.3 Å². The summed E-state index contributed by atoms with van der Waals surface area (Å²) in [5.74, 6) is -3.69. The van der Waals surface area contributed by atoms with Crippen LogP contribution in [0.25, 0.3) is 10.8 Å². The smallest absolute Gasteiger partial charge is 0.307 e. The molecule has 1 aromatic heterocycles. The molecule has 3 rings (SSSR count). The van der Waals surface area contributed by atoms with Crippen LogP contribution in [0.2, 0.25) is 0 Å². The van der Waals surface area contributed by atoms with Crippen LogP contribution in [0.4, 0.5) is 0 Å². The molecule has 0 fully saturated rings. The highest BCUT2D eigenvalue weighted by Crippen LogP contribution is 2.21. The molecule has 1 amide bonds. The van der Waals surface area contributed by atoms with Crippen LogP contribution in [0.3, 0.4) is 0 Å². The van der Waals surface area contributed by atoms with Gasteiger partial charge in [-0.1, -0.05) is 42.5 Å². The number of carbonyl (C=O) groups is 4. The number of hydrogen-bond acceptors (Lipinski definition) is 7. The Hall–Kier alpha value is -3.50. The van der Waals surface area contributed by atoms with E-state index >= 15 is 0 Å². The fraction of sp³-hybridized carbons (Fsp3) is 0.414. The third kappa shape index (κ3) is 9.04. The highest BCUT2D eigenvalue weighted by Gasteiger charge is 2.30. The molecule has 39 heavy (non-hydrogen) atoms. The van der Waals surface area contributed by atoms with Gasteiger partial charge in [-0.15, -0.1) is 0 Å². The predicted octanol–water partition coefficient (Wildman–Crippen LogP) is 3.13. The molecule has 10 heteroatoms. The molecule has 0 radical (unpaired) electrons. The molecule has 5 N–H and O–H groups in total. The number of aromatic amines is 1. The number of imidazole rings is 1. The van der Waals surface area contributed by atoms with E-state index < -0.39 is 29.8 Å². The zero-order valence-electron chi connectivity index (χ0n) is 21.8. The Bertz CT molecular complexity index is 1260. The molecular weight excluding hydrogens is 516 g/mol. The number of unbranched alkanes of at least 4 members (excludes halogenated alkanes) is 1. The minimum atomic E-state index is -1.11. The molecule has 0 saturated heterocycles. The average molecular weight is 553 g/mol. The first kappa shape index (κ1) is 30.0. The number of nitrogens with zero attached hydrogens (tertiary/aromatic N) is 1. The number of amides is 1. The SMILES string of the molecule is NCCCC[C@H](NC(=O)C(CC(=O)Cc1cccc2ccccc12)Cc1cnc[nH]1)C(=O)CC(CS)C(=O)O. The van der Waals surface area contributed by atoms with Crippen molar-refractivity contribution < 1.29 is 24.3 Å². The van der Waals surface area contributed by atoms with E-state index in [9.17, 15) is 24.3 Å². The first-order chi connectivity index (χ1) is 18.8. The Balaban J connectivity index is 1.76. The molecular formula is C29H36N4O5S. The lowest BCUT2D eigenvalue weighted by molar-refractivity contribution is -0.143. The standard InChI is InChI=1S/C29H36N4O5S/c30-11-4-3-10-26(27(35)15-22(17-39)29(37)38)33-28(36)21(12-23-16-31-18-32-23)14-24(34)13-20-8-5-7-19-6-1-2-9-25(19)20/h1-2,5-9,16,18,21-22,26,39H,3-4,10-15,17,30H2,(H,31,32)(H,33,36)(H,37,38)/t21?,22?,26-/m0/s1. The van der Waals surface area contributed by atoms with E-state index in [1.165, 1.54) is 6.33 Å². The van der Waals surface area contributed by atoms with Gasteiger partial charge in [0.2, 0.25) is 5.91 Å². The lowest BCUT2D eigenvalue weighted by Gasteiger charge is -2.23. The Morgan fingerprint density at radius 3 is 2.49 bits per heavy atom. The van der Waals surface area contributed by atoms with Crippen LogP contribution in [-0.2, 0) is 32.0 Å². The van der Waals surface area contributed by atoms with Gasteiger partial charge in [-0.25, -0.2) is 4.98 Å². The number of nitrogens with one attached hydrogen (secondary N) is 2. The number of Topliss-reactive ketones (excluding diaryl/α,β-unsaturated/α-hetero) is 2. The van der Waals surface area contributed by atoms with Gasteiger partial charge in [-0.3, -0.25) is 19.2 Å². The monoisotopic (exact) mass is 552 g/mol. The normalized spacial score (nSPS) is 13.5. The van der Waals surface area contributed by atoms with Gasteiger partial charge in [0.05, 0.1) is 24.2 Å². The van der Waals surface area contributed by atoms with Crippen LogP contribution in [0.5, 0.6) is 0 Å². The Labute approximate surface area is 233 Å². The van der Waals surface area contributed by atoms with Gasteiger partial charge in [-0.05, 0) is 42.1 Å². The predicted molar refractivity (Wildman–Crippen MR) is 152 cm³/mol. The number of carboxylic acid groups (broad SMARTS) is 1. The first-order valence-electron chi connectivity index (χ1n) is 13.1. The number of thiol groups is 1. The molecule has 0 bridgehead atoms. The van der Waals surface area contributed by atoms with Gasteiger partial charge >= 0.3 is 5.97 Å². The van der Waals surface area contributed by atoms with Crippen molar-refractivity contribution in [1.29, 1.82) is 0 Å². The van der Waals surface area contributed by atoms with Crippen LogP contribution >= 0.6 is 12.6 Å². The maximum Gasteiger partial charge on any atom is 0.307 e. The van der Waals surface area contributed by atoms with Crippen molar-refractivity contribution in [3.63, 3.8) is 0 Å². The van der Waals surface area contributed by atoms with Gasteiger partial charge in [-0.2, -0.15) is 12.6 Å². The van der Waals surface area contributed by atoms with E-state index in [4.69, 9.17) is 5.73 Å². The second-order valence-electron chi connectivity index (χ2n) is 9.77. The Morgan fingerprint density at radius 1 is 1.03 bits per heavy atom. The highest BCUT2D eigenvalue weighted by atomic mass is 32.1. The zero-order chi connectivity index (χ0) is 28.2. The topological polar surface area (TPSA) is 155 Å². The molecule has 208 valence electrons. The summed E-state index contributed by atoms with van der Waals surface area (Å²) in [6.45, 7) is 0.439. The number of ketones is 2. The van der Waals surface area contributed by atoms with E-state index in [2.05, 4.69) is 27.9 Å². The summed E-state index contributed by atoms with van der Waals surface area (Å²) in [5.41, 5.74) is 7.19. The molecule has 2 unspecified atom stereocenters. The maximum absolute atomic E-state index is 13.5. The first-order valence-corrected chi connectivity index (χ1v) is 13.8. The lowest BCUT2D eigenvalue weighted by Crippen LogP contribution is -2.45. The number of aromatic nitrogens is 2. The fourth-order valence-electron chi connectivity index (χ4n) is 4.64. The van der Waals surface area contributed by atoms with E-state index in [1.54, 1.807) is 6.20 Å². The molecule has 2 aromatic carbocycles. The van der Waals surface area contributed by atoms with Gasteiger partial charge in [0, 0.05) is 43.3 Å². The fourth-order valence-corrected chi connectivity index (χ4v) is 4.92. The number of carbonyl (C=O) groups excluding carboxylic acids is 3. The summed E-state index contributed by atoms with van der Waals surface area (Å²) in [7, 11) is 0. The molecule has 3 atom stereocenters. The number of rotatable bonds is 17. The minimum Gasteiger partial charge on any atom is -0.481 e. The van der Waals surface area contributed by atoms with Crippen LogP contribution < -0.4 is 11.1 Å². The van der Waals surface area contributed by atoms with Crippen molar-refractivity contribution in [3.05, 3.63) is 66.2 Å². The third-order valence-corrected chi connectivity index (χ3v) is 7.24. The summed E-state index contributed by atoms with van der Waals surface area (Å²) in [4.78, 5) is 58.2. The Kier molecular flexibility index (Phi) is 11.7. The van der Waals surface area contributed by atoms with Gasteiger partial charge in [0.25, 0.3) is 0 Å². The van der Waals surface area contributed by atoms with Gasteiger partial charge in [0.1, 0.15) is 5.78 Å². The number of nitrogens with two attached hydrogens (primary N) is 1. The van der Waals surface area contributed by atoms with E-state index in [0.29, 0.717) is 31.5 Å². The minimum absolute atomic E-state index is 0.00958. The van der Waals surface area contributed by atoms with Crippen molar-refractivity contribution in [1.82, 2.24) is 15.3 Å². The number of fused-ring (bicyclic) bond motifs is 1. The van der Waals surface area contributed by atoms with E-state index in [-0.39, 0.29) is 43.0 Å². The summed E-state index contributed by atoms with van der Waals surface area (Å²) >= 11 is 4.05. The average Bonchev–Trinajstić information content (AvgIpc) is 3.44. The highest BCUT2D eigenvalue weighted by molar-refractivity contribution is 7.80. The molecule has 0 aliphatic heterocycles. The molecule has 0 spiro atoms. The van der Waals surface area contributed by atoms with Crippen molar-refractivity contribution in [2.75, 3.05) is 12.3 Å². The number of aliphatic carboxylic acids is 1. The quantitative estimate of drug-likeness (QED) is 0.127. The lowest BCUT2D eigenvalue weighted by atomic mass is 9.91. The molecule has 9 nitrogen and oxygen atoms in total. The number of H-pyrrole nitrogens is 1.